The highest BCUT2D eigenvalue weighted by Gasteiger charge is 2.30. The molecule has 4 rings (SSSR count). The molecule has 0 bridgehead atoms. The molecule has 7 nitrogen and oxygen atoms in total. The van der Waals surface area contributed by atoms with Crippen molar-refractivity contribution in [2.24, 2.45) is 10.9 Å². The summed E-state index contributed by atoms with van der Waals surface area (Å²) in [6, 6.07) is 26.5. The standard InChI is InChI=1S/C31H29N3O4S/c1-37-24-15-13-23(14-16-24)29(35)25-17-18-27(28(32)26(25)19-21-9-5-3-6-10-21)33-30(34-31(36)38-2)39-20-22-11-7-4-8-12-22/h3-18,26,32H,19-20H2,1-2H3,(H,33,34,36). The average Bonchev–Trinajstić information content (AvgIpc) is 2.98. The third kappa shape index (κ3) is 7.33. The zero-order chi connectivity index (χ0) is 27.6. The Bertz CT molecular complexity index is 1420. The summed E-state index contributed by atoms with van der Waals surface area (Å²) < 4.78 is 10.0. The van der Waals surface area contributed by atoms with Crippen LogP contribution in [-0.4, -0.2) is 37.0 Å². The smallest absolute Gasteiger partial charge is 0.412 e. The number of ether oxygens (including phenoxy) is 2. The van der Waals surface area contributed by atoms with Crippen LogP contribution in [0.1, 0.15) is 21.5 Å². The van der Waals surface area contributed by atoms with Gasteiger partial charge in [-0.25, -0.2) is 9.79 Å². The van der Waals surface area contributed by atoms with Gasteiger partial charge in [0, 0.05) is 22.8 Å². The summed E-state index contributed by atoms with van der Waals surface area (Å²) in [5.74, 6) is 0.542. The SMILES string of the molecule is COC(=O)NC(=NC1=CC=C(C(=O)c2ccc(OC)cc2)C(Cc2ccccc2)C1=N)SCc1ccccc1. The maximum Gasteiger partial charge on any atom is 0.412 e. The number of hydrogen-bond acceptors (Lipinski definition) is 7. The van der Waals surface area contributed by atoms with E-state index in [2.05, 4.69) is 10.3 Å². The van der Waals surface area contributed by atoms with Gasteiger partial charge in [0.05, 0.1) is 25.6 Å². The molecule has 3 aromatic rings. The number of allylic oxidation sites excluding steroid dienone is 4. The minimum Gasteiger partial charge on any atom is -0.497 e. The fourth-order valence-corrected chi connectivity index (χ4v) is 4.90. The van der Waals surface area contributed by atoms with Crippen molar-refractivity contribution in [2.75, 3.05) is 14.2 Å². The van der Waals surface area contributed by atoms with Crippen LogP contribution in [0.3, 0.4) is 0 Å². The molecular formula is C31H29N3O4S. The molecule has 0 saturated carbocycles. The van der Waals surface area contributed by atoms with Crippen molar-refractivity contribution in [3.63, 3.8) is 0 Å². The molecular weight excluding hydrogens is 510 g/mol. The molecule has 0 radical (unpaired) electrons. The molecule has 3 aromatic carbocycles. The first kappa shape index (κ1) is 27.6. The van der Waals surface area contributed by atoms with Crippen molar-refractivity contribution in [3.05, 3.63) is 125 Å². The van der Waals surface area contributed by atoms with E-state index < -0.39 is 12.0 Å². The lowest BCUT2D eigenvalue weighted by molar-refractivity contribution is 0.102. The molecule has 1 unspecified atom stereocenters. The summed E-state index contributed by atoms with van der Waals surface area (Å²) >= 11 is 1.33. The Morgan fingerprint density at radius 2 is 1.54 bits per heavy atom. The topological polar surface area (TPSA) is 101 Å². The largest absolute Gasteiger partial charge is 0.497 e. The van der Waals surface area contributed by atoms with Gasteiger partial charge in [-0.15, -0.1) is 0 Å². The Balaban J connectivity index is 1.67. The van der Waals surface area contributed by atoms with Crippen molar-refractivity contribution in [1.29, 1.82) is 5.41 Å². The van der Waals surface area contributed by atoms with E-state index in [0.29, 0.717) is 39.9 Å². The molecule has 39 heavy (non-hydrogen) atoms. The maximum absolute atomic E-state index is 13.6. The van der Waals surface area contributed by atoms with E-state index in [1.165, 1.54) is 18.9 Å². The van der Waals surface area contributed by atoms with Crippen molar-refractivity contribution in [2.45, 2.75) is 12.2 Å². The van der Waals surface area contributed by atoms with E-state index in [-0.39, 0.29) is 11.5 Å². The number of rotatable bonds is 8. The van der Waals surface area contributed by atoms with Gasteiger partial charge in [-0.05, 0) is 47.9 Å². The van der Waals surface area contributed by atoms with Gasteiger partial charge in [0.2, 0.25) is 0 Å². The second-order valence-electron chi connectivity index (χ2n) is 8.70. The first-order valence-electron chi connectivity index (χ1n) is 12.3. The number of nitrogens with one attached hydrogen (secondary N) is 2. The molecule has 0 aliphatic heterocycles. The summed E-state index contributed by atoms with van der Waals surface area (Å²) in [6.45, 7) is 0. The third-order valence-electron chi connectivity index (χ3n) is 6.15. The van der Waals surface area contributed by atoms with Crippen molar-refractivity contribution in [3.8, 4) is 5.75 Å². The zero-order valence-corrected chi connectivity index (χ0v) is 22.5. The van der Waals surface area contributed by atoms with Crippen molar-refractivity contribution >= 4 is 34.5 Å². The number of methoxy groups -OCH3 is 2. The molecule has 198 valence electrons. The van der Waals surface area contributed by atoms with E-state index in [1.807, 2.05) is 60.7 Å². The van der Waals surface area contributed by atoms with E-state index in [9.17, 15) is 9.59 Å². The Labute approximate surface area is 232 Å². The number of aliphatic imine (C=N–C) groups is 1. The molecule has 8 heteroatoms. The quantitative estimate of drug-likeness (QED) is 0.201. The predicted molar refractivity (Wildman–Crippen MR) is 156 cm³/mol. The number of alkyl carbamates (subject to hydrolysis) is 1. The fourth-order valence-electron chi connectivity index (χ4n) is 4.08. The number of carbonyl (C=O) groups excluding carboxylic acids is 2. The van der Waals surface area contributed by atoms with Gasteiger partial charge in [0.1, 0.15) is 5.75 Å². The van der Waals surface area contributed by atoms with Crippen LogP contribution in [0.15, 0.2) is 113 Å². The Kier molecular flexibility index (Phi) is 9.48. The summed E-state index contributed by atoms with van der Waals surface area (Å²) in [4.78, 5) is 30.2. The van der Waals surface area contributed by atoms with Crippen LogP contribution in [0.25, 0.3) is 0 Å². The van der Waals surface area contributed by atoms with Gasteiger partial charge in [-0.3, -0.25) is 10.1 Å². The second-order valence-corrected chi connectivity index (χ2v) is 9.66. The highest BCUT2D eigenvalue weighted by Crippen LogP contribution is 2.30. The van der Waals surface area contributed by atoms with Crippen LogP contribution < -0.4 is 10.1 Å². The zero-order valence-electron chi connectivity index (χ0n) is 21.7. The van der Waals surface area contributed by atoms with Crippen LogP contribution in [0.4, 0.5) is 4.79 Å². The highest BCUT2D eigenvalue weighted by molar-refractivity contribution is 8.13. The maximum atomic E-state index is 13.6. The van der Waals surface area contributed by atoms with Gasteiger partial charge in [0.25, 0.3) is 0 Å². The molecule has 1 amide bonds. The van der Waals surface area contributed by atoms with Crippen molar-refractivity contribution in [1.82, 2.24) is 5.32 Å². The molecule has 1 aliphatic carbocycles. The lowest BCUT2D eigenvalue weighted by Gasteiger charge is -2.25. The van der Waals surface area contributed by atoms with Crippen LogP contribution >= 0.6 is 11.8 Å². The number of ketones is 1. The normalized spacial score (nSPS) is 15.2. The third-order valence-corrected chi connectivity index (χ3v) is 7.10. The predicted octanol–water partition coefficient (Wildman–Crippen LogP) is 6.23. The van der Waals surface area contributed by atoms with Crippen LogP contribution in [-0.2, 0) is 16.9 Å². The molecule has 1 atom stereocenters. The number of Topliss-reactive ketones (excluding diaryl/α,β-unsaturated/α-hetero) is 1. The summed E-state index contributed by atoms with van der Waals surface area (Å²) in [5.41, 5.74) is 3.64. The number of amidine groups is 1. The van der Waals surface area contributed by atoms with Gasteiger partial charge in [-0.1, -0.05) is 78.5 Å². The van der Waals surface area contributed by atoms with E-state index in [1.54, 1.807) is 43.5 Å². The molecule has 0 saturated heterocycles. The Hall–Kier alpha value is -4.43. The molecule has 0 aromatic heterocycles. The lowest BCUT2D eigenvalue weighted by Crippen LogP contribution is -2.31. The van der Waals surface area contributed by atoms with Crippen molar-refractivity contribution < 1.29 is 19.1 Å². The summed E-state index contributed by atoms with van der Waals surface area (Å²) in [7, 11) is 2.86. The van der Waals surface area contributed by atoms with Gasteiger partial charge < -0.3 is 14.9 Å². The van der Waals surface area contributed by atoms with Gasteiger partial charge in [0.15, 0.2) is 11.0 Å². The number of hydrogen-bond donors (Lipinski definition) is 2. The molecule has 1 aliphatic rings. The minimum absolute atomic E-state index is 0.158. The van der Waals surface area contributed by atoms with Crippen LogP contribution in [0.2, 0.25) is 0 Å². The number of nitrogens with zero attached hydrogens (tertiary/aromatic N) is 1. The summed E-state index contributed by atoms with van der Waals surface area (Å²) in [5, 5.41) is 12.0. The monoisotopic (exact) mass is 539 g/mol. The van der Waals surface area contributed by atoms with E-state index >= 15 is 0 Å². The number of amides is 1. The summed E-state index contributed by atoms with van der Waals surface area (Å²) in [6.07, 6.45) is 3.19. The average molecular weight is 540 g/mol. The minimum atomic E-state index is -0.649. The van der Waals surface area contributed by atoms with E-state index in [0.717, 1.165) is 11.1 Å². The van der Waals surface area contributed by atoms with Crippen LogP contribution in [0.5, 0.6) is 5.75 Å². The van der Waals surface area contributed by atoms with E-state index in [4.69, 9.17) is 14.9 Å². The van der Waals surface area contributed by atoms with Crippen LogP contribution in [0, 0.1) is 11.3 Å². The molecule has 0 heterocycles. The second kappa shape index (κ2) is 13.4. The highest BCUT2D eigenvalue weighted by atomic mass is 32.2. The Morgan fingerprint density at radius 1 is 0.897 bits per heavy atom. The number of benzene rings is 3. The molecule has 0 spiro atoms. The first-order chi connectivity index (χ1) is 19.0. The fraction of sp³-hybridized carbons (Fsp3) is 0.161. The molecule has 2 N–H and O–H groups in total. The first-order valence-corrected chi connectivity index (χ1v) is 13.3. The lowest BCUT2D eigenvalue weighted by atomic mass is 9.80. The van der Waals surface area contributed by atoms with Gasteiger partial charge >= 0.3 is 6.09 Å². The molecule has 0 fully saturated rings. The number of thioether (sulfide) groups is 1. The number of carbonyl (C=O) groups is 2. The van der Waals surface area contributed by atoms with Gasteiger partial charge in [-0.2, -0.15) is 0 Å². The Morgan fingerprint density at radius 3 is 2.15 bits per heavy atom.